The van der Waals surface area contributed by atoms with Crippen LogP contribution in [0, 0.1) is 5.39 Å². The van der Waals surface area contributed by atoms with Gasteiger partial charge < -0.3 is 27.3 Å². The molecular weight excluding hydrogens is 338 g/mol. The van der Waals surface area contributed by atoms with Crippen molar-refractivity contribution in [2.45, 2.75) is 0 Å². The Morgan fingerprint density at radius 2 is 1.91 bits per heavy atom. The number of rotatable bonds is 3. The van der Waals surface area contributed by atoms with E-state index in [1.54, 1.807) is 12.3 Å². The van der Waals surface area contributed by atoms with Crippen LogP contribution in [0.5, 0.6) is 5.75 Å². The van der Waals surface area contributed by atoms with E-state index in [0.717, 1.165) is 0 Å². The van der Waals surface area contributed by atoms with Crippen molar-refractivity contribution in [1.29, 1.82) is 5.39 Å². The molecule has 0 bridgehead atoms. The zero-order valence-electron chi connectivity index (χ0n) is 11.7. The molecule has 122 valence electrons. The fraction of sp³-hybridized carbons (Fsp3) is 0.0833. The van der Waals surface area contributed by atoms with Gasteiger partial charge in [0.05, 0.1) is 18.9 Å². The summed E-state index contributed by atoms with van der Waals surface area (Å²) in [6.07, 6.45) is 1.67. The van der Waals surface area contributed by atoms with Crippen molar-refractivity contribution in [2.24, 2.45) is 0 Å². The molecule has 23 heavy (non-hydrogen) atoms. The highest BCUT2D eigenvalue weighted by atomic mass is 35.5. The Bertz CT molecular complexity index is 688. The molecule has 0 radical (unpaired) electrons. The van der Waals surface area contributed by atoms with Gasteiger partial charge in [-0.25, -0.2) is 4.98 Å². The molecule has 0 saturated heterocycles. The molecule has 0 aliphatic carbocycles. The zero-order valence-corrected chi connectivity index (χ0v) is 12.4. The van der Waals surface area contributed by atoms with Gasteiger partial charge in [-0.15, -0.1) is 0 Å². The Labute approximate surface area is 134 Å². The second-order valence-electron chi connectivity index (χ2n) is 3.94. The van der Waals surface area contributed by atoms with Gasteiger partial charge in [0.1, 0.15) is 10.8 Å². The van der Waals surface area contributed by atoms with E-state index in [4.69, 9.17) is 21.7 Å². The highest BCUT2D eigenvalue weighted by Gasteiger charge is 2.20. The Morgan fingerprint density at radius 3 is 2.39 bits per heavy atom. The number of nitrogens with zero attached hydrogens (tertiary/aromatic N) is 3. The van der Waals surface area contributed by atoms with Crippen LogP contribution in [0.1, 0.15) is 0 Å². The van der Waals surface area contributed by atoms with Gasteiger partial charge >= 0.3 is 12.9 Å². The molecule has 5 nitrogen and oxygen atoms in total. The van der Waals surface area contributed by atoms with E-state index in [0.29, 0.717) is 22.3 Å². The van der Waals surface area contributed by atoms with E-state index in [-0.39, 0.29) is 5.69 Å². The molecular formula is C12H10BClF4N4O. The van der Waals surface area contributed by atoms with Gasteiger partial charge in [0.15, 0.2) is 10.7 Å². The number of pyridine rings is 1. The van der Waals surface area contributed by atoms with Crippen molar-refractivity contribution in [3.05, 3.63) is 46.5 Å². The van der Waals surface area contributed by atoms with Crippen LogP contribution in [0.4, 0.5) is 34.5 Å². The molecule has 1 aromatic heterocycles. The van der Waals surface area contributed by atoms with E-state index >= 15 is 0 Å². The summed E-state index contributed by atoms with van der Waals surface area (Å²) in [6.45, 7) is 0. The highest BCUT2D eigenvalue weighted by molar-refractivity contribution is 6.50. The number of benzene rings is 1. The predicted molar refractivity (Wildman–Crippen MR) is 80.5 cm³/mol. The van der Waals surface area contributed by atoms with E-state index in [1.807, 2.05) is 18.2 Å². The largest absolute Gasteiger partial charge is 0.673 e. The standard InChI is InChI=1S/C12H10ClN4O.BF4/c1-18-11-7-9(17-14)8(13)6-10(11)16-12-4-2-3-5-15-12;2-1(3,4)5/h2-7H,1H3,(H,15,16);/q+1;-1. The molecule has 0 aliphatic heterocycles. The Balaban J connectivity index is 0.000000463. The summed E-state index contributed by atoms with van der Waals surface area (Å²) in [4.78, 5) is 7.21. The van der Waals surface area contributed by atoms with Crippen LogP contribution in [0.2, 0.25) is 5.02 Å². The smallest absolute Gasteiger partial charge is 0.494 e. The second-order valence-corrected chi connectivity index (χ2v) is 4.35. The van der Waals surface area contributed by atoms with E-state index in [2.05, 4.69) is 15.3 Å². The van der Waals surface area contributed by atoms with Crippen LogP contribution in [0.3, 0.4) is 0 Å². The van der Waals surface area contributed by atoms with Crippen LogP contribution in [-0.4, -0.2) is 19.3 Å². The number of methoxy groups -OCH3 is 1. The summed E-state index contributed by atoms with van der Waals surface area (Å²) in [5.41, 5.74) is 0.897. The number of anilines is 2. The number of ether oxygens (including phenoxy) is 1. The summed E-state index contributed by atoms with van der Waals surface area (Å²) in [7, 11) is -4.48. The zero-order chi connectivity index (χ0) is 17.5. The average Bonchev–Trinajstić information content (AvgIpc) is 2.47. The van der Waals surface area contributed by atoms with Gasteiger partial charge in [0, 0.05) is 6.20 Å². The molecule has 0 atom stereocenters. The third-order valence-electron chi connectivity index (χ3n) is 2.30. The lowest BCUT2D eigenvalue weighted by molar-refractivity contribution is 0.368. The molecule has 1 heterocycles. The van der Waals surface area contributed by atoms with E-state index in [9.17, 15) is 17.3 Å². The van der Waals surface area contributed by atoms with Gasteiger partial charge in [0.2, 0.25) is 5.39 Å². The quantitative estimate of drug-likeness (QED) is 0.466. The third-order valence-corrected chi connectivity index (χ3v) is 2.61. The van der Waals surface area contributed by atoms with Crippen molar-refractivity contribution >= 4 is 36.0 Å². The monoisotopic (exact) mass is 348 g/mol. The summed E-state index contributed by atoms with van der Waals surface area (Å²) in [5, 5.41) is 12.2. The lowest BCUT2D eigenvalue weighted by Gasteiger charge is -2.09. The number of aromatic nitrogens is 1. The van der Waals surface area contributed by atoms with Crippen molar-refractivity contribution in [3.63, 3.8) is 0 Å². The molecule has 11 heteroatoms. The summed E-state index contributed by atoms with van der Waals surface area (Å²) >= 11 is 5.95. The fourth-order valence-electron chi connectivity index (χ4n) is 1.46. The Hall–Kier alpha value is -2.54. The van der Waals surface area contributed by atoms with Gasteiger partial charge in [-0.3, -0.25) is 0 Å². The number of hydrogen-bond acceptors (Lipinski definition) is 4. The average molecular weight is 348 g/mol. The molecule has 0 saturated carbocycles. The minimum Gasteiger partial charge on any atom is -0.494 e. The number of nitrogens with one attached hydrogen (secondary N) is 1. The second kappa shape index (κ2) is 8.19. The maximum atomic E-state index is 9.75. The first-order valence-corrected chi connectivity index (χ1v) is 6.40. The van der Waals surface area contributed by atoms with Crippen LogP contribution in [0.25, 0.3) is 4.98 Å². The van der Waals surface area contributed by atoms with Crippen molar-refractivity contribution < 1.29 is 22.0 Å². The number of diazo groups is 1. The normalized spacial score (nSPS) is 10.1. The van der Waals surface area contributed by atoms with Crippen LogP contribution >= 0.6 is 11.6 Å². The maximum Gasteiger partial charge on any atom is 0.673 e. The van der Waals surface area contributed by atoms with Gasteiger partial charge in [-0.1, -0.05) is 17.7 Å². The third kappa shape index (κ3) is 6.84. The first-order valence-electron chi connectivity index (χ1n) is 6.02. The molecule has 0 amide bonds. The van der Waals surface area contributed by atoms with Gasteiger partial charge in [-0.05, 0) is 18.2 Å². The number of halogens is 5. The van der Waals surface area contributed by atoms with Gasteiger partial charge in [0.25, 0.3) is 0 Å². The summed E-state index contributed by atoms with van der Waals surface area (Å²) in [6, 6.07) is 8.65. The SMILES string of the molecule is COc1cc([N+]#N)c(Cl)cc1Nc1ccccn1.F[B-](F)(F)F. The molecule has 1 N–H and O–H groups in total. The number of hydrogen-bond donors (Lipinski definition) is 1. The summed E-state index contributed by atoms with van der Waals surface area (Å²) in [5.74, 6) is 1.18. The molecule has 2 rings (SSSR count). The lowest BCUT2D eigenvalue weighted by atomic mass is 10.2. The van der Waals surface area contributed by atoms with Crippen LogP contribution < -0.4 is 10.1 Å². The molecule has 0 fully saturated rings. The minimum absolute atomic E-state index is 0.250. The maximum absolute atomic E-state index is 9.75. The molecule has 0 aliphatic rings. The fourth-order valence-corrected chi connectivity index (χ4v) is 1.66. The van der Waals surface area contributed by atoms with E-state index in [1.165, 1.54) is 13.2 Å². The molecule has 1 aromatic carbocycles. The Kier molecular flexibility index (Phi) is 6.59. The minimum atomic E-state index is -6.00. The summed E-state index contributed by atoms with van der Waals surface area (Å²) < 4.78 is 44.2. The van der Waals surface area contributed by atoms with Crippen molar-refractivity contribution in [2.75, 3.05) is 12.4 Å². The highest BCUT2D eigenvalue weighted by Crippen LogP contribution is 2.37. The first-order chi connectivity index (χ1) is 10.7. The van der Waals surface area contributed by atoms with Crippen LogP contribution in [-0.2, 0) is 0 Å². The predicted octanol–water partition coefficient (Wildman–Crippen LogP) is 5.27. The topological polar surface area (TPSA) is 62.3 Å². The molecule has 0 unspecified atom stereocenters. The molecule has 0 spiro atoms. The Morgan fingerprint density at radius 1 is 1.26 bits per heavy atom. The van der Waals surface area contributed by atoms with Crippen molar-refractivity contribution in [1.82, 2.24) is 4.98 Å². The van der Waals surface area contributed by atoms with Crippen LogP contribution in [0.15, 0.2) is 36.5 Å². The molecule has 2 aromatic rings. The van der Waals surface area contributed by atoms with Gasteiger partial charge in [-0.2, -0.15) is 0 Å². The van der Waals surface area contributed by atoms with Crippen molar-refractivity contribution in [3.8, 4) is 5.75 Å². The lowest BCUT2D eigenvalue weighted by Crippen LogP contribution is -2.02. The van der Waals surface area contributed by atoms with E-state index < -0.39 is 7.25 Å². The first kappa shape index (κ1) is 18.5.